The Kier molecular flexibility index (Phi) is 9.54. The van der Waals surface area contributed by atoms with Gasteiger partial charge in [0.1, 0.15) is 6.17 Å². The Bertz CT molecular complexity index is 1080. The van der Waals surface area contributed by atoms with Crippen molar-refractivity contribution in [3.63, 3.8) is 0 Å². The highest BCUT2D eigenvalue weighted by atomic mass is 19.1. The molecule has 0 aromatic heterocycles. The van der Waals surface area contributed by atoms with E-state index in [2.05, 4.69) is 4.90 Å². The fourth-order valence-electron chi connectivity index (χ4n) is 4.36. The van der Waals surface area contributed by atoms with Crippen LogP contribution in [0.15, 0.2) is 84.9 Å². The van der Waals surface area contributed by atoms with Crippen LogP contribution in [0.25, 0.3) is 0 Å². The van der Waals surface area contributed by atoms with Crippen molar-refractivity contribution in [2.75, 3.05) is 32.9 Å². The number of carbonyl (C=O) groups is 2. The molecule has 4 rings (SSSR count). The summed E-state index contributed by atoms with van der Waals surface area (Å²) in [5, 5.41) is 0. The van der Waals surface area contributed by atoms with Crippen LogP contribution in [0, 0.1) is 0 Å². The monoisotopic (exact) mass is 504 g/mol. The third-order valence-electron chi connectivity index (χ3n) is 6.39. The molecule has 2 amide bonds. The molecule has 0 aliphatic carbocycles. The van der Waals surface area contributed by atoms with Gasteiger partial charge in [-0.25, -0.2) is 4.39 Å². The number of fused-ring (bicyclic) bond motifs is 1. The number of hydrogen-bond donors (Lipinski definition) is 0. The molecule has 1 heterocycles. The lowest BCUT2D eigenvalue weighted by Crippen LogP contribution is -2.36. The van der Waals surface area contributed by atoms with Gasteiger partial charge in [0.15, 0.2) is 0 Å². The first-order chi connectivity index (χ1) is 18.0. The molecular weight excluding hydrogens is 471 g/mol. The first-order valence-corrected chi connectivity index (χ1v) is 12.6. The van der Waals surface area contributed by atoms with E-state index in [1.807, 2.05) is 60.7 Å². The third kappa shape index (κ3) is 7.32. The molecule has 0 spiro atoms. The van der Waals surface area contributed by atoms with Crippen LogP contribution in [0.2, 0.25) is 0 Å². The molecule has 37 heavy (non-hydrogen) atoms. The molecule has 3 aromatic rings. The number of benzene rings is 3. The SMILES string of the molecule is CC(OCCOCCN1C(=O)c2ccccc2C1=O)C(F)CN(Cc1ccccc1)Cc1ccccc1. The average Bonchev–Trinajstić information content (AvgIpc) is 3.16. The van der Waals surface area contributed by atoms with Gasteiger partial charge in [0.25, 0.3) is 11.8 Å². The van der Waals surface area contributed by atoms with Crippen LogP contribution in [0.5, 0.6) is 0 Å². The topological polar surface area (TPSA) is 59.1 Å². The highest BCUT2D eigenvalue weighted by Gasteiger charge is 2.34. The van der Waals surface area contributed by atoms with E-state index in [1.165, 1.54) is 4.90 Å². The zero-order chi connectivity index (χ0) is 26.0. The summed E-state index contributed by atoms with van der Waals surface area (Å²) < 4.78 is 26.4. The molecule has 0 radical (unpaired) electrons. The quantitative estimate of drug-likeness (QED) is 0.234. The first-order valence-electron chi connectivity index (χ1n) is 12.6. The Morgan fingerprint density at radius 1 is 0.757 bits per heavy atom. The minimum atomic E-state index is -1.18. The Morgan fingerprint density at radius 2 is 1.27 bits per heavy atom. The van der Waals surface area contributed by atoms with Crippen molar-refractivity contribution in [3.05, 3.63) is 107 Å². The fourth-order valence-corrected chi connectivity index (χ4v) is 4.36. The third-order valence-corrected chi connectivity index (χ3v) is 6.39. The van der Waals surface area contributed by atoms with Crippen LogP contribution in [0.4, 0.5) is 4.39 Å². The summed E-state index contributed by atoms with van der Waals surface area (Å²) in [7, 11) is 0. The number of ether oxygens (including phenoxy) is 2. The van der Waals surface area contributed by atoms with Gasteiger partial charge in [-0.15, -0.1) is 0 Å². The molecule has 3 aromatic carbocycles. The number of amides is 2. The number of rotatable bonds is 14. The van der Waals surface area contributed by atoms with Crippen LogP contribution in [0.1, 0.15) is 38.8 Å². The zero-order valence-electron chi connectivity index (χ0n) is 21.1. The molecule has 1 aliphatic rings. The van der Waals surface area contributed by atoms with Crippen LogP contribution in [-0.2, 0) is 22.6 Å². The van der Waals surface area contributed by atoms with E-state index < -0.39 is 12.3 Å². The molecule has 194 valence electrons. The van der Waals surface area contributed by atoms with Gasteiger partial charge in [-0.1, -0.05) is 72.8 Å². The summed E-state index contributed by atoms with van der Waals surface area (Å²) in [6.07, 6.45) is -1.78. The highest BCUT2D eigenvalue weighted by Crippen LogP contribution is 2.22. The Labute approximate surface area is 217 Å². The minimum Gasteiger partial charge on any atom is -0.377 e. The summed E-state index contributed by atoms with van der Waals surface area (Å²) in [5.74, 6) is -0.602. The number of imide groups is 1. The van der Waals surface area contributed by atoms with E-state index in [0.29, 0.717) is 24.2 Å². The maximum atomic E-state index is 15.2. The van der Waals surface area contributed by atoms with Crippen molar-refractivity contribution in [1.29, 1.82) is 0 Å². The molecule has 0 saturated heterocycles. The number of alkyl halides is 1. The molecule has 1 aliphatic heterocycles. The maximum absolute atomic E-state index is 15.2. The number of nitrogens with zero attached hydrogens (tertiary/aromatic N) is 2. The second-order valence-electron chi connectivity index (χ2n) is 9.15. The van der Waals surface area contributed by atoms with E-state index >= 15 is 4.39 Å². The van der Waals surface area contributed by atoms with Crippen LogP contribution in [-0.4, -0.2) is 66.8 Å². The van der Waals surface area contributed by atoms with E-state index in [0.717, 1.165) is 11.1 Å². The van der Waals surface area contributed by atoms with Gasteiger partial charge >= 0.3 is 0 Å². The lowest BCUT2D eigenvalue weighted by atomic mass is 10.1. The van der Waals surface area contributed by atoms with Crippen molar-refractivity contribution in [2.45, 2.75) is 32.3 Å². The maximum Gasteiger partial charge on any atom is 0.261 e. The summed E-state index contributed by atoms with van der Waals surface area (Å²) in [6.45, 7) is 4.09. The molecular formula is C30H33FN2O4. The van der Waals surface area contributed by atoms with Crippen molar-refractivity contribution in [1.82, 2.24) is 9.80 Å². The normalized spacial score (nSPS) is 14.7. The molecule has 0 bridgehead atoms. The van der Waals surface area contributed by atoms with Crippen molar-refractivity contribution in [3.8, 4) is 0 Å². The smallest absolute Gasteiger partial charge is 0.261 e. The second-order valence-corrected chi connectivity index (χ2v) is 9.15. The predicted molar refractivity (Wildman–Crippen MR) is 140 cm³/mol. The number of halogens is 1. The molecule has 0 fully saturated rings. The molecule has 7 heteroatoms. The average molecular weight is 505 g/mol. The van der Waals surface area contributed by atoms with Gasteiger partial charge in [0.05, 0.1) is 43.6 Å². The zero-order valence-corrected chi connectivity index (χ0v) is 21.1. The predicted octanol–water partition coefficient (Wildman–Crippen LogP) is 4.74. The minimum absolute atomic E-state index is 0.168. The van der Waals surface area contributed by atoms with Crippen molar-refractivity contribution >= 4 is 11.8 Å². The lowest BCUT2D eigenvalue weighted by molar-refractivity contribution is -0.0314. The summed E-state index contributed by atoms with van der Waals surface area (Å²) in [6, 6.07) is 26.9. The van der Waals surface area contributed by atoms with Crippen molar-refractivity contribution in [2.24, 2.45) is 0 Å². The second kappa shape index (κ2) is 13.2. The van der Waals surface area contributed by atoms with E-state index in [4.69, 9.17) is 9.47 Å². The Hall–Kier alpha value is -3.39. The highest BCUT2D eigenvalue weighted by molar-refractivity contribution is 6.21. The number of hydrogen-bond acceptors (Lipinski definition) is 5. The molecule has 2 unspecified atom stereocenters. The van der Waals surface area contributed by atoms with Gasteiger partial charge in [-0.3, -0.25) is 19.4 Å². The molecule has 6 nitrogen and oxygen atoms in total. The van der Waals surface area contributed by atoms with Gasteiger partial charge in [-0.05, 0) is 30.2 Å². The fraction of sp³-hybridized carbons (Fsp3) is 0.333. The number of carbonyl (C=O) groups excluding carboxylic acids is 2. The van der Waals surface area contributed by atoms with Crippen LogP contribution < -0.4 is 0 Å². The van der Waals surface area contributed by atoms with Crippen LogP contribution >= 0.6 is 0 Å². The van der Waals surface area contributed by atoms with Gasteiger partial charge in [0, 0.05) is 19.6 Å². The van der Waals surface area contributed by atoms with Gasteiger partial charge < -0.3 is 9.47 Å². The summed E-state index contributed by atoms with van der Waals surface area (Å²) in [5.41, 5.74) is 3.11. The molecule has 2 atom stereocenters. The molecule has 0 N–H and O–H groups in total. The van der Waals surface area contributed by atoms with E-state index in [-0.39, 0.29) is 44.7 Å². The van der Waals surface area contributed by atoms with Gasteiger partial charge in [0.2, 0.25) is 0 Å². The standard InChI is InChI=1S/C30H33FN2O4/c1-23(37-19-18-36-17-16-33-29(34)26-14-8-9-15-27(26)30(33)35)28(31)22-32(20-24-10-4-2-5-11-24)21-25-12-6-3-7-13-25/h2-15,23,28H,16-22H2,1H3. The van der Waals surface area contributed by atoms with Crippen molar-refractivity contribution < 1.29 is 23.5 Å². The largest absolute Gasteiger partial charge is 0.377 e. The van der Waals surface area contributed by atoms with Gasteiger partial charge in [-0.2, -0.15) is 0 Å². The Morgan fingerprint density at radius 3 is 1.81 bits per heavy atom. The lowest BCUT2D eigenvalue weighted by Gasteiger charge is -2.27. The summed E-state index contributed by atoms with van der Waals surface area (Å²) >= 11 is 0. The first kappa shape index (κ1) is 26.7. The summed E-state index contributed by atoms with van der Waals surface area (Å²) in [4.78, 5) is 28.1. The molecule has 0 saturated carbocycles. The van der Waals surface area contributed by atoms with E-state index in [9.17, 15) is 9.59 Å². The van der Waals surface area contributed by atoms with E-state index in [1.54, 1.807) is 31.2 Å². The Balaban J connectivity index is 1.18. The van der Waals surface area contributed by atoms with Crippen LogP contribution in [0.3, 0.4) is 0 Å².